The van der Waals surface area contributed by atoms with Crippen molar-refractivity contribution >= 4 is 68.3 Å². The topological polar surface area (TPSA) is 35.0 Å². The lowest BCUT2D eigenvalue weighted by Crippen LogP contribution is -2.33. The number of aromatic nitrogens is 2. The minimum Gasteiger partial charge on any atom is -0.369 e. The lowest BCUT2D eigenvalue weighted by molar-refractivity contribution is -0.0543. The summed E-state index contributed by atoms with van der Waals surface area (Å²) in [6, 6.07) is 5.68. The smallest absolute Gasteiger partial charge is 0.190 e. The maximum Gasteiger partial charge on any atom is 0.190 e. The van der Waals surface area contributed by atoms with Crippen LogP contribution >= 0.6 is 58.1 Å². The molecule has 0 unspecified atom stereocenters. The van der Waals surface area contributed by atoms with Crippen molar-refractivity contribution in [1.29, 1.82) is 0 Å². The van der Waals surface area contributed by atoms with Gasteiger partial charge in [-0.25, -0.2) is 9.97 Å². The van der Waals surface area contributed by atoms with E-state index in [-0.39, 0.29) is 5.60 Å². The van der Waals surface area contributed by atoms with Gasteiger partial charge in [-0.3, -0.25) is 0 Å². The minimum absolute atomic E-state index is 0.127. The van der Waals surface area contributed by atoms with Gasteiger partial charge in [-0.05, 0) is 43.0 Å². The first-order valence-electron chi connectivity index (χ1n) is 10.1. The lowest BCUT2D eigenvalue weighted by Gasteiger charge is -2.33. The van der Waals surface area contributed by atoms with E-state index < -0.39 is 0 Å². The summed E-state index contributed by atoms with van der Waals surface area (Å²) in [5.41, 5.74) is 2.30. The number of hydrogen-bond donors (Lipinski definition) is 0. The Morgan fingerprint density at radius 3 is 2.77 bits per heavy atom. The second-order valence-electron chi connectivity index (χ2n) is 7.64. The third kappa shape index (κ3) is 4.79. The van der Waals surface area contributed by atoms with Gasteiger partial charge in [-0.15, -0.1) is 23.1 Å². The number of thioether (sulfide) groups is 2. The van der Waals surface area contributed by atoms with Crippen LogP contribution in [0.4, 0.5) is 0 Å². The van der Waals surface area contributed by atoms with Crippen molar-refractivity contribution in [2.45, 2.75) is 68.2 Å². The van der Waals surface area contributed by atoms with Crippen molar-refractivity contribution in [3.05, 3.63) is 44.2 Å². The Morgan fingerprint density at radius 2 is 2.03 bits per heavy atom. The molecule has 1 atom stereocenters. The molecule has 4 rings (SSSR count). The average molecular weight is 500 g/mol. The van der Waals surface area contributed by atoms with E-state index in [2.05, 4.69) is 20.8 Å². The first kappa shape index (κ1) is 22.7. The summed E-state index contributed by atoms with van der Waals surface area (Å²) < 4.78 is 6.18. The number of benzene rings is 1. The SMILES string of the molecule is CCCSc1nc(SCc2ccc(Cl)cc2Cl)c2c3c(sc2n1)CO[C@](C)(CC)C3. The molecular weight excluding hydrogens is 475 g/mol. The third-order valence-electron chi connectivity index (χ3n) is 5.35. The second kappa shape index (κ2) is 9.55. The zero-order valence-corrected chi connectivity index (χ0v) is 21.2. The highest BCUT2D eigenvalue weighted by Gasteiger charge is 2.33. The molecule has 30 heavy (non-hydrogen) atoms. The van der Waals surface area contributed by atoms with E-state index in [0.717, 1.165) is 51.3 Å². The molecule has 3 aromatic rings. The van der Waals surface area contributed by atoms with Crippen molar-refractivity contribution in [2.24, 2.45) is 0 Å². The number of halogens is 2. The van der Waals surface area contributed by atoms with E-state index in [1.165, 1.54) is 15.8 Å². The summed E-state index contributed by atoms with van der Waals surface area (Å²) in [7, 11) is 0. The van der Waals surface area contributed by atoms with Gasteiger partial charge < -0.3 is 4.74 Å². The molecule has 0 spiro atoms. The Hall–Kier alpha value is -0.500. The molecule has 3 heterocycles. The van der Waals surface area contributed by atoms with Crippen molar-refractivity contribution in [3.63, 3.8) is 0 Å². The fourth-order valence-electron chi connectivity index (χ4n) is 3.39. The molecule has 1 aliphatic rings. The van der Waals surface area contributed by atoms with Crippen LogP contribution in [0.1, 0.15) is 49.6 Å². The Morgan fingerprint density at radius 1 is 1.20 bits per heavy atom. The van der Waals surface area contributed by atoms with E-state index in [9.17, 15) is 0 Å². The normalized spacial score (nSPS) is 18.7. The molecule has 1 aliphatic heterocycles. The molecule has 0 fully saturated rings. The predicted octanol–water partition coefficient (Wildman–Crippen LogP) is 8.03. The van der Waals surface area contributed by atoms with Gasteiger partial charge in [0.05, 0.1) is 12.2 Å². The Labute approximate surface area is 200 Å². The van der Waals surface area contributed by atoms with Gasteiger partial charge in [0, 0.05) is 38.2 Å². The lowest BCUT2D eigenvalue weighted by atomic mass is 9.90. The Kier molecular flexibility index (Phi) is 7.22. The number of nitrogens with zero attached hydrogens (tertiary/aromatic N) is 2. The van der Waals surface area contributed by atoms with Gasteiger partial charge in [0.25, 0.3) is 0 Å². The summed E-state index contributed by atoms with van der Waals surface area (Å²) >= 11 is 17.7. The van der Waals surface area contributed by atoms with Crippen LogP contribution in [0.5, 0.6) is 0 Å². The zero-order chi connectivity index (χ0) is 21.3. The van der Waals surface area contributed by atoms with Gasteiger partial charge in [0.1, 0.15) is 9.86 Å². The minimum atomic E-state index is -0.127. The Bertz CT molecular complexity index is 1070. The maximum absolute atomic E-state index is 6.42. The highest BCUT2D eigenvalue weighted by Crippen LogP contribution is 2.44. The maximum atomic E-state index is 6.42. The van der Waals surface area contributed by atoms with Crippen molar-refractivity contribution < 1.29 is 4.74 Å². The summed E-state index contributed by atoms with van der Waals surface area (Å²) in [6.07, 6.45) is 2.98. The molecule has 0 aliphatic carbocycles. The van der Waals surface area contributed by atoms with Crippen molar-refractivity contribution in [3.8, 4) is 0 Å². The number of hydrogen-bond acceptors (Lipinski definition) is 6. The first-order chi connectivity index (χ1) is 14.4. The summed E-state index contributed by atoms with van der Waals surface area (Å²) in [5.74, 6) is 1.76. The summed E-state index contributed by atoms with van der Waals surface area (Å²) in [6.45, 7) is 7.22. The monoisotopic (exact) mass is 498 g/mol. The predicted molar refractivity (Wildman–Crippen MR) is 132 cm³/mol. The van der Waals surface area contributed by atoms with Crippen LogP contribution in [0.3, 0.4) is 0 Å². The molecule has 0 saturated carbocycles. The van der Waals surface area contributed by atoms with Crippen molar-refractivity contribution in [2.75, 3.05) is 5.75 Å². The molecule has 0 N–H and O–H groups in total. The second-order valence-corrected chi connectivity index (χ2v) is 11.6. The van der Waals surface area contributed by atoms with Gasteiger partial charge in [0.15, 0.2) is 5.16 Å². The molecule has 0 bridgehead atoms. The van der Waals surface area contributed by atoms with E-state index in [0.29, 0.717) is 16.7 Å². The van der Waals surface area contributed by atoms with Crippen LogP contribution in [0, 0.1) is 0 Å². The molecule has 0 amide bonds. The van der Waals surface area contributed by atoms with Gasteiger partial charge in [0.2, 0.25) is 0 Å². The standard InChI is InChI=1S/C22H24Cl2N2OS3/c1-4-8-28-21-25-19(29-12-13-6-7-14(23)9-16(13)24)18-15-10-22(3,5-2)27-11-17(15)30-20(18)26-21/h6-7,9H,4-5,8,10-12H2,1-3H3/t22-/m1/s1. The fraction of sp³-hybridized carbons (Fsp3) is 0.455. The van der Waals surface area contributed by atoms with Gasteiger partial charge in [-0.2, -0.15) is 0 Å². The largest absolute Gasteiger partial charge is 0.369 e. The third-order valence-corrected chi connectivity index (χ3v) is 9.11. The average Bonchev–Trinajstić information content (AvgIpc) is 3.09. The number of fused-ring (bicyclic) bond motifs is 3. The van der Waals surface area contributed by atoms with Gasteiger partial charge >= 0.3 is 0 Å². The van der Waals surface area contributed by atoms with Crippen LogP contribution in [-0.4, -0.2) is 21.3 Å². The van der Waals surface area contributed by atoms with Crippen molar-refractivity contribution in [1.82, 2.24) is 9.97 Å². The molecule has 8 heteroatoms. The highest BCUT2D eigenvalue weighted by molar-refractivity contribution is 7.99. The van der Waals surface area contributed by atoms with E-state index in [1.54, 1.807) is 40.9 Å². The Balaban J connectivity index is 1.74. The number of ether oxygens (including phenoxy) is 1. The quantitative estimate of drug-likeness (QED) is 0.187. The molecule has 0 saturated heterocycles. The van der Waals surface area contributed by atoms with Crippen LogP contribution in [0.25, 0.3) is 10.2 Å². The molecule has 1 aromatic carbocycles. The zero-order valence-electron chi connectivity index (χ0n) is 17.3. The molecular formula is C22H24Cl2N2OS3. The van der Waals surface area contributed by atoms with Crippen LogP contribution in [0.2, 0.25) is 10.0 Å². The van der Waals surface area contributed by atoms with E-state index in [1.807, 2.05) is 12.1 Å². The summed E-state index contributed by atoms with van der Waals surface area (Å²) in [5, 5.41) is 4.45. The van der Waals surface area contributed by atoms with Crippen LogP contribution in [0.15, 0.2) is 28.4 Å². The number of rotatable bonds is 7. The van der Waals surface area contributed by atoms with E-state index in [4.69, 9.17) is 37.9 Å². The molecule has 0 radical (unpaired) electrons. The highest BCUT2D eigenvalue weighted by atomic mass is 35.5. The fourth-order valence-corrected chi connectivity index (χ4v) is 6.99. The van der Waals surface area contributed by atoms with Crippen LogP contribution < -0.4 is 0 Å². The first-order valence-corrected chi connectivity index (χ1v) is 13.6. The molecule has 160 valence electrons. The van der Waals surface area contributed by atoms with Crippen LogP contribution in [-0.2, 0) is 23.5 Å². The number of thiophene rings is 1. The van der Waals surface area contributed by atoms with E-state index >= 15 is 0 Å². The van der Waals surface area contributed by atoms with Gasteiger partial charge in [-0.1, -0.05) is 54.9 Å². The summed E-state index contributed by atoms with van der Waals surface area (Å²) in [4.78, 5) is 12.2. The molecule has 2 aromatic heterocycles. The molecule has 3 nitrogen and oxygen atoms in total.